The number of nitrogens with zero attached hydrogens (tertiary/aromatic N) is 2. The van der Waals surface area contributed by atoms with Crippen LogP contribution in [-0.4, -0.2) is 49.0 Å². The fraction of sp³-hybridized carbons (Fsp3) is 0.882. The van der Waals surface area contributed by atoms with E-state index in [4.69, 9.17) is 4.99 Å². The first-order valence-corrected chi connectivity index (χ1v) is 9.03. The van der Waals surface area contributed by atoms with Crippen molar-refractivity contribution < 1.29 is 4.79 Å². The number of carbonyl (C=O) groups is 1. The molecule has 2 saturated carbocycles. The minimum Gasteiger partial charge on any atom is -0.357 e. The highest BCUT2D eigenvalue weighted by molar-refractivity contribution is 5.80. The number of rotatable bonds is 6. The molecular formula is C17H30N4O. The predicted molar refractivity (Wildman–Crippen MR) is 88.9 cm³/mol. The summed E-state index contributed by atoms with van der Waals surface area (Å²) in [5, 5.41) is 6.45. The maximum atomic E-state index is 11.7. The minimum atomic E-state index is 0.192. The van der Waals surface area contributed by atoms with Crippen molar-refractivity contribution >= 4 is 11.9 Å². The number of likely N-dealkylation sites (tertiary alicyclic amines) is 1. The van der Waals surface area contributed by atoms with Gasteiger partial charge in [0.25, 0.3) is 0 Å². The molecule has 5 heteroatoms. The van der Waals surface area contributed by atoms with Crippen molar-refractivity contribution in [1.29, 1.82) is 0 Å². The lowest BCUT2D eigenvalue weighted by Gasteiger charge is -2.38. The molecule has 124 valence electrons. The number of carbonyl (C=O) groups excluding carboxylic acids is 1. The van der Waals surface area contributed by atoms with Gasteiger partial charge >= 0.3 is 0 Å². The molecule has 1 saturated heterocycles. The molecule has 0 atom stereocenters. The molecule has 0 unspecified atom stereocenters. The highest BCUT2D eigenvalue weighted by Crippen LogP contribution is 2.47. The summed E-state index contributed by atoms with van der Waals surface area (Å²) in [6, 6.07) is 0.469. The zero-order valence-corrected chi connectivity index (χ0v) is 13.9. The molecule has 5 nitrogen and oxygen atoms in total. The van der Waals surface area contributed by atoms with Crippen LogP contribution in [0.5, 0.6) is 0 Å². The number of amides is 1. The van der Waals surface area contributed by atoms with Crippen LogP contribution in [0.25, 0.3) is 0 Å². The van der Waals surface area contributed by atoms with E-state index in [0.717, 1.165) is 44.9 Å². The van der Waals surface area contributed by atoms with Crippen molar-refractivity contribution in [1.82, 2.24) is 15.5 Å². The molecule has 0 radical (unpaired) electrons. The number of nitrogens with one attached hydrogen (secondary N) is 2. The Bertz CT molecular complexity index is 426. The Hall–Kier alpha value is -1.26. The van der Waals surface area contributed by atoms with Crippen LogP contribution in [0.3, 0.4) is 0 Å². The van der Waals surface area contributed by atoms with Crippen LogP contribution < -0.4 is 10.6 Å². The molecule has 0 aromatic carbocycles. The number of aliphatic imine (C=N–C) groups is 1. The van der Waals surface area contributed by atoms with Crippen molar-refractivity contribution in [3.63, 3.8) is 0 Å². The van der Waals surface area contributed by atoms with Gasteiger partial charge in [-0.25, -0.2) is 0 Å². The largest absolute Gasteiger partial charge is 0.357 e. The first kappa shape index (κ1) is 15.6. The second-order valence-electron chi connectivity index (χ2n) is 7.21. The van der Waals surface area contributed by atoms with E-state index >= 15 is 0 Å². The molecule has 3 rings (SSSR count). The Labute approximate surface area is 133 Å². The van der Waals surface area contributed by atoms with Gasteiger partial charge in [0.05, 0.1) is 0 Å². The summed E-state index contributed by atoms with van der Waals surface area (Å²) in [6.07, 6.45) is 9.26. The fourth-order valence-electron chi connectivity index (χ4n) is 3.58. The minimum absolute atomic E-state index is 0.192. The van der Waals surface area contributed by atoms with Crippen molar-refractivity contribution in [2.45, 2.75) is 64.3 Å². The molecule has 0 aromatic rings. The Morgan fingerprint density at radius 2 is 2.14 bits per heavy atom. The molecule has 3 aliphatic rings. The van der Waals surface area contributed by atoms with E-state index in [2.05, 4.69) is 22.5 Å². The van der Waals surface area contributed by atoms with Gasteiger partial charge in [-0.3, -0.25) is 9.79 Å². The van der Waals surface area contributed by atoms with E-state index in [1.807, 2.05) is 0 Å². The third kappa shape index (κ3) is 3.93. The third-order valence-corrected chi connectivity index (χ3v) is 5.25. The maximum absolute atomic E-state index is 11.7. The van der Waals surface area contributed by atoms with Crippen LogP contribution in [-0.2, 0) is 4.79 Å². The lowest BCUT2D eigenvalue weighted by Crippen LogP contribution is -2.42. The van der Waals surface area contributed by atoms with Gasteiger partial charge in [-0.1, -0.05) is 6.42 Å². The van der Waals surface area contributed by atoms with Gasteiger partial charge in [0.2, 0.25) is 5.91 Å². The van der Waals surface area contributed by atoms with Gasteiger partial charge in [-0.05, 0) is 50.9 Å². The molecule has 0 bridgehead atoms. The molecular weight excluding hydrogens is 276 g/mol. The average Bonchev–Trinajstić information content (AvgIpc) is 3.15. The van der Waals surface area contributed by atoms with Crippen LogP contribution in [0.4, 0.5) is 0 Å². The first-order chi connectivity index (χ1) is 10.7. The van der Waals surface area contributed by atoms with Crippen molar-refractivity contribution in [2.24, 2.45) is 10.4 Å². The fourth-order valence-corrected chi connectivity index (χ4v) is 3.58. The van der Waals surface area contributed by atoms with Crippen molar-refractivity contribution in [3.8, 4) is 0 Å². The Balaban J connectivity index is 1.42. The molecule has 1 spiro atoms. The lowest BCUT2D eigenvalue weighted by atomic mass is 9.68. The molecule has 3 fully saturated rings. The smallest absolute Gasteiger partial charge is 0.220 e. The van der Waals surface area contributed by atoms with Gasteiger partial charge in [-0.2, -0.15) is 0 Å². The standard InChI is InChI=1S/C17H30N4O/c1-2-18-16(21-12-10-17(13-21)8-4-9-17)19-11-3-5-15(22)20-14-6-7-14/h14H,2-13H2,1H3,(H,18,19)(H,20,22). The van der Waals surface area contributed by atoms with Crippen LogP contribution in [0.15, 0.2) is 4.99 Å². The molecule has 1 aliphatic heterocycles. The van der Waals surface area contributed by atoms with Crippen LogP contribution in [0.1, 0.15) is 58.3 Å². The summed E-state index contributed by atoms with van der Waals surface area (Å²) in [7, 11) is 0. The summed E-state index contributed by atoms with van der Waals surface area (Å²) in [5.74, 6) is 1.24. The first-order valence-electron chi connectivity index (χ1n) is 9.03. The van der Waals surface area contributed by atoms with Crippen molar-refractivity contribution in [2.75, 3.05) is 26.2 Å². The molecule has 1 heterocycles. The van der Waals surface area contributed by atoms with Gasteiger partial charge in [-0.15, -0.1) is 0 Å². The normalized spacial score (nSPS) is 23.5. The van der Waals surface area contributed by atoms with E-state index in [-0.39, 0.29) is 5.91 Å². The molecule has 22 heavy (non-hydrogen) atoms. The Morgan fingerprint density at radius 3 is 2.73 bits per heavy atom. The summed E-state index contributed by atoms with van der Waals surface area (Å²) in [4.78, 5) is 18.8. The zero-order valence-electron chi connectivity index (χ0n) is 13.9. The van der Waals surface area contributed by atoms with E-state index in [1.165, 1.54) is 32.2 Å². The Morgan fingerprint density at radius 1 is 1.32 bits per heavy atom. The quantitative estimate of drug-likeness (QED) is 0.447. The molecule has 0 aromatic heterocycles. The maximum Gasteiger partial charge on any atom is 0.220 e. The number of hydrogen-bond acceptors (Lipinski definition) is 2. The zero-order chi connectivity index (χ0) is 15.4. The summed E-state index contributed by atoms with van der Waals surface area (Å²) >= 11 is 0. The third-order valence-electron chi connectivity index (χ3n) is 5.25. The van der Waals surface area contributed by atoms with Crippen molar-refractivity contribution in [3.05, 3.63) is 0 Å². The Kier molecular flexibility index (Phi) is 4.89. The van der Waals surface area contributed by atoms with E-state index in [1.54, 1.807) is 0 Å². The number of guanidine groups is 1. The van der Waals surface area contributed by atoms with Crippen LogP contribution in [0, 0.1) is 5.41 Å². The highest BCUT2D eigenvalue weighted by atomic mass is 16.1. The van der Waals surface area contributed by atoms with Gasteiger partial charge < -0.3 is 15.5 Å². The molecule has 2 N–H and O–H groups in total. The average molecular weight is 306 g/mol. The summed E-state index contributed by atoms with van der Waals surface area (Å²) in [6.45, 7) is 6.07. The van der Waals surface area contributed by atoms with Gasteiger partial charge in [0.15, 0.2) is 5.96 Å². The number of hydrogen-bond donors (Lipinski definition) is 2. The van der Waals surface area contributed by atoms with Gasteiger partial charge in [0.1, 0.15) is 0 Å². The second-order valence-corrected chi connectivity index (χ2v) is 7.21. The van der Waals surface area contributed by atoms with E-state index in [0.29, 0.717) is 17.9 Å². The molecule has 2 aliphatic carbocycles. The monoisotopic (exact) mass is 306 g/mol. The summed E-state index contributed by atoms with van der Waals surface area (Å²) < 4.78 is 0. The highest BCUT2D eigenvalue weighted by Gasteiger charge is 2.43. The predicted octanol–water partition coefficient (Wildman–Crippen LogP) is 1.89. The molecule has 1 amide bonds. The van der Waals surface area contributed by atoms with Crippen LogP contribution in [0.2, 0.25) is 0 Å². The topological polar surface area (TPSA) is 56.7 Å². The lowest BCUT2D eigenvalue weighted by molar-refractivity contribution is -0.121. The van der Waals surface area contributed by atoms with Crippen LogP contribution >= 0.6 is 0 Å². The van der Waals surface area contributed by atoms with E-state index in [9.17, 15) is 4.79 Å². The van der Waals surface area contributed by atoms with Gasteiger partial charge in [0, 0.05) is 38.6 Å². The van der Waals surface area contributed by atoms with E-state index < -0.39 is 0 Å². The summed E-state index contributed by atoms with van der Waals surface area (Å²) in [5.41, 5.74) is 0.598. The SMILES string of the molecule is CCNC(=NCCCC(=O)NC1CC1)N1CCC2(CCC2)C1. The second kappa shape index (κ2) is 6.88.